The Morgan fingerprint density at radius 2 is 0.887 bits per heavy atom. The molecule has 3 heterocycles. The van der Waals surface area contributed by atoms with Crippen molar-refractivity contribution in [2.75, 3.05) is 0 Å². The predicted octanol–water partition coefficient (Wildman–Crippen LogP) is 12.2. The molecule has 0 amide bonds. The maximum Gasteiger partial charge on any atom is 0.164 e. The zero-order valence-corrected chi connectivity index (χ0v) is 29.2. The van der Waals surface area contributed by atoms with Crippen LogP contribution >= 0.6 is 11.3 Å². The summed E-state index contributed by atoms with van der Waals surface area (Å²) < 4.78 is 2.26. The first kappa shape index (κ1) is 30.9. The lowest BCUT2D eigenvalue weighted by Gasteiger charge is -2.11. The first-order valence-corrected chi connectivity index (χ1v) is 18.3. The highest BCUT2D eigenvalue weighted by atomic mass is 32.1. The molecule has 0 unspecified atom stereocenters. The summed E-state index contributed by atoms with van der Waals surface area (Å²) in [5, 5.41) is 3.25. The van der Waals surface area contributed by atoms with Gasteiger partial charge < -0.3 is 0 Å². The third kappa shape index (κ3) is 5.62. The standard InChI is InChI=1S/C47H29N5S/c1-4-15-30(16-5-1)33-21-12-22-34(29-33)45-50-44(32-19-8-3-9-20-32)51-46(52-45)37-25-14-28-40-41(37)36-24-13-26-38(43(36)53-40)47-48-39-27-11-10-23-35(39)42(49-47)31-17-6-2-7-18-31/h1-29H. The van der Waals surface area contributed by atoms with Crippen LogP contribution < -0.4 is 0 Å². The summed E-state index contributed by atoms with van der Waals surface area (Å²) in [4.78, 5) is 25.7. The number of nitrogens with zero attached hydrogens (tertiary/aromatic N) is 5. The van der Waals surface area contributed by atoms with Crippen molar-refractivity contribution in [1.29, 1.82) is 0 Å². The van der Waals surface area contributed by atoms with Gasteiger partial charge in [0.05, 0.1) is 11.2 Å². The Kier molecular flexibility index (Phi) is 7.59. The summed E-state index contributed by atoms with van der Waals surface area (Å²) in [5.41, 5.74) is 8.97. The summed E-state index contributed by atoms with van der Waals surface area (Å²) in [6.45, 7) is 0. The van der Waals surface area contributed by atoms with Crippen LogP contribution in [0.1, 0.15) is 0 Å². The van der Waals surface area contributed by atoms with Crippen LogP contribution in [0.2, 0.25) is 0 Å². The Hall–Kier alpha value is -6.89. The molecule has 10 aromatic rings. The summed E-state index contributed by atoms with van der Waals surface area (Å²) >= 11 is 1.75. The average Bonchev–Trinajstić information content (AvgIpc) is 3.63. The third-order valence-corrected chi connectivity index (χ3v) is 10.8. The Bertz CT molecular complexity index is 2940. The van der Waals surface area contributed by atoms with Gasteiger partial charge in [-0.25, -0.2) is 24.9 Å². The van der Waals surface area contributed by atoms with Crippen molar-refractivity contribution < 1.29 is 0 Å². The Balaban J connectivity index is 1.17. The van der Waals surface area contributed by atoms with E-state index in [9.17, 15) is 0 Å². The van der Waals surface area contributed by atoms with E-state index in [2.05, 4.69) is 121 Å². The van der Waals surface area contributed by atoms with E-state index in [-0.39, 0.29) is 0 Å². The minimum atomic E-state index is 0.627. The molecule has 0 aliphatic carbocycles. The minimum absolute atomic E-state index is 0.627. The van der Waals surface area contributed by atoms with E-state index in [0.29, 0.717) is 23.3 Å². The number of thiophene rings is 1. The molecule has 3 aromatic heterocycles. The monoisotopic (exact) mass is 695 g/mol. The van der Waals surface area contributed by atoms with Crippen molar-refractivity contribution >= 4 is 42.4 Å². The van der Waals surface area contributed by atoms with Crippen molar-refractivity contribution in [3.63, 3.8) is 0 Å². The van der Waals surface area contributed by atoms with Crippen molar-refractivity contribution in [3.05, 3.63) is 176 Å². The van der Waals surface area contributed by atoms with Crippen molar-refractivity contribution in [3.8, 4) is 67.9 Å². The quantitative estimate of drug-likeness (QED) is 0.173. The highest BCUT2D eigenvalue weighted by Crippen LogP contribution is 2.44. The SMILES string of the molecule is c1ccc(-c2cccc(-c3nc(-c4ccccc4)nc(-c4cccc5sc6c(-c7nc(-c8ccccc8)c8ccccc8n7)cccc6c45)n3)c2)cc1. The molecule has 0 N–H and O–H groups in total. The number of benzene rings is 7. The van der Waals surface area contributed by atoms with Gasteiger partial charge in [0.1, 0.15) is 0 Å². The van der Waals surface area contributed by atoms with Crippen LogP contribution in [0.25, 0.3) is 99.0 Å². The molecule has 0 bridgehead atoms. The molecular weight excluding hydrogens is 667 g/mol. The van der Waals surface area contributed by atoms with E-state index in [0.717, 1.165) is 75.7 Å². The molecule has 10 rings (SSSR count). The second kappa shape index (κ2) is 13.0. The van der Waals surface area contributed by atoms with Gasteiger partial charge >= 0.3 is 0 Å². The lowest BCUT2D eigenvalue weighted by molar-refractivity contribution is 1.08. The number of hydrogen-bond donors (Lipinski definition) is 0. The van der Waals surface area contributed by atoms with Gasteiger partial charge in [0, 0.05) is 53.4 Å². The second-order valence-electron chi connectivity index (χ2n) is 12.9. The lowest BCUT2D eigenvalue weighted by Crippen LogP contribution is -2.00. The van der Waals surface area contributed by atoms with Crippen molar-refractivity contribution in [1.82, 2.24) is 24.9 Å². The predicted molar refractivity (Wildman–Crippen MR) is 218 cm³/mol. The van der Waals surface area contributed by atoms with Crippen LogP contribution in [-0.4, -0.2) is 24.9 Å². The van der Waals surface area contributed by atoms with Gasteiger partial charge in [0.2, 0.25) is 0 Å². The first-order valence-electron chi connectivity index (χ1n) is 17.5. The van der Waals surface area contributed by atoms with E-state index in [1.54, 1.807) is 11.3 Å². The molecule has 7 aromatic carbocycles. The Morgan fingerprint density at radius 1 is 0.340 bits per heavy atom. The molecule has 0 saturated heterocycles. The van der Waals surface area contributed by atoms with Crippen LogP contribution in [0, 0.1) is 0 Å². The van der Waals surface area contributed by atoms with E-state index in [4.69, 9.17) is 24.9 Å². The smallest absolute Gasteiger partial charge is 0.164 e. The Labute approximate surface area is 310 Å². The highest BCUT2D eigenvalue weighted by molar-refractivity contribution is 7.26. The van der Waals surface area contributed by atoms with Gasteiger partial charge in [0.15, 0.2) is 23.3 Å². The number of para-hydroxylation sites is 1. The van der Waals surface area contributed by atoms with Crippen molar-refractivity contribution in [2.45, 2.75) is 0 Å². The fourth-order valence-electron chi connectivity index (χ4n) is 7.03. The summed E-state index contributed by atoms with van der Waals surface area (Å²) in [5.74, 6) is 2.59. The maximum atomic E-state index is 5.22. The third-order valence-electron chi connectivity index (χ3n) is 9.55. The van der Waals surface area contributed by atoms with Gasteiger partial charge in [-0.05, 0) is 35.4 Å². The molecule has 5 nitrogen and oxygen atoms in total. The van der Waals surface area contributed by atoms with Crippen LogP contribution in [0.3, 0.4) is 0 Å². The molecule has 0 saturated carbocycles. The molecule has 0 aliphatic heterocycles. The summed E-state index contributed by atoms with van der Waals surface area (Å²) in [6, 6.07) is 60.3. The highest BCUT2D eigenvalue weighted by Gasteiger charge is 2.20. The first-order chi connectivity index (χ1) is 26.3. The van der Waals surface area contributed by atoms with Gasteiger partial charge in [-0.3, -0.25) is 0 Å². The maximum absolute atomic E-state index is 5.22. The van der Waals surface area contributed by atoms with E-state index >= 15 is 0 Å². The summed E-state index contributed by atoms with van der Waals surface area (Å²) in [7, 11) is 0. The molecule has 0 fully saturated rings. The molecule has 53 heavy (non-hydrogen) atoms. The largest absolute Gasteiger partial charge is 0.228 e. The second-order valence-corrected chi connectivity index (χ2v) is 13.9. The molecule has 6 heteroatoms. The molecular formula is C47H29N5S. The fraction of sp³-hybridized carbons (Fsp3) is 0. The molecule has 0 radical (unpaired) electrons. The van der Waals surface area contributed by atoms with Gasteiger partial charge in [0.25, 0.3) is 0 Å². The molecule has 248 valence electrons. The molecule has 0 aliphatic rings. The summed E-state index contributed by atoms with van der Waals surface area (Å²) in [6.07, 6.45) is 0. The van der Waals surface area contributed by atoms with Gasteiger partial charge in [-0.1, -0.05) is 152 Å². The van der Waals surface area contributed by atoms with E-state index in [1.165, 1.54) is 0 Å². The number of rotatable bonds is 6. The topological polar surface area (TPSA) is 64.5 Å². The number of hydrogen-bond acceptors (Lipinski definition) is 6. The lowest BCUT2D eigenvalue weighted by atomic mass is 10.0. The Morgan fingerprint density at radius 3 is 1.68 bits per heavy atom. The van der Waals surface area contributed by atoms with Crippen molar-refractivity contribution in [2.24, 2.45) is 0 Å². The zero-order valence-electron chi connectivity index (χ0n) is 28.4. The van der Waals surface area contributed by atoms with Crippen LogP contribution in [0.4, 0.5) is 0 Å². The van der Waals surface area contributed by atoms with Crippen LogP contribution in [0.15, 0.2) is 176 Å². The fourth-order valence-corrected chi connectivity index (χ4v) is 8.27. The molecule has 0 spiro atoms. The van der Waals surface area contributed by atoms with E-state index < -0.39 is 0 Å². The van der Waals surface area contributed by atoms with Gasteiger partial charge in [-0.15, -0.1) is 11.3 Å². The van der Waals surface area contributed by atoms with Gasteiger partial charge in [-0.2, -0.15) is 0 Å². The average molecular weight is 696 g/mol. The number of aromatic nitrogens is 5. The van der Waals surface area contributed by atoms with Crippen LogP contribution in [0.5, 0.6) is 0 Å². The van der Waals surface area contributed by atoms with E-state index in [1.807, 2.05) is 54.6 Å². The molecule has 0 atom stereocenters. The van der Waals surface area contributed by atoms with Crippen LogP contribution in [-0.2, 0) is 0 Å². The minimum Gasteiger partial charge on any atom is -0.228 e. The normalized spacial score (nSPS) is 11.4. The zero-order chi connectivity index (χ0) is 35.1. The number of fused-ring (bicyclic) bond motifs is 4.